The second kappa shape index (κ2) is 5.03. The third-order valence-electron chi connectivity index (χ3n) is 2.74. The molecule has 0 saturated carbocycles. The second-order valence-corrected chi connectivity index (χ2v) is 4.24. The van der Waals surface area contributed by atoms with E-state index >= 15 is 0 Å². The Labute approximate surface area is 102 Å². The van der Waals surface area contributed by atoms with Crippen LogP contribution in [0.5, 0.6) is 0 Å². The molecule has 2 aliphatic rings. The lowest BCUT2D eigenvalue weighted by atomic mass is 10.3. The Hall–Kier alpha value is -1.78. The van der Waals surface area contributed by atoms with Crippen LogP contribution < -0.4 is 10.6 Å². The molecule has 1 atom stereocenters. The summed E-state index contributed by atoms with van der Waals surface area (Å²) in [5.74, 6) is 1.63. The summed E-state index contributed by atoms with van der Waals surface area (Å²) in [6.07, 6.45) is 7.67. The number of aliphatic imine (C=N–C) groups is 2. The Kier molecular flexibility index (Phi) is 3.46. The number of guanidine groups is 2. The molecule has 0 aromatic heterocycles. The molecular weight excluding hydrogens is 214 g/mol. The van der Waals surface area contributed by atoms with Gasteiger partial charge in [0.1, 0.15) is 6.17 Å². The fourth-order valence-electron chi connectivity index (χ4n) is 1.88. The lowest BCUT2D eigenvalue weighted by Crippen LogP contribution is -2.54. The van der Waals surface area contributed by atoms with Crippen LogP contribution in [-0.4, -0.2) is 43.6 Å². The van der Waals surface area contributed by atoms with Gasteiger partial charge in [-0.25, -0.2) is 4.99 Å². The number of allylic oxidation sites excluding steroid dienone is 2. The first-order valence-corrected chi connectivity index (χ1v) is 5.84. The van der Waals surface area contributed by atoms with Crippen molar-refractivity contribution in [1.29, 1.82) is 0 Å². The van der Waals surface area contributed by atoms with Gasteiger partial charge in [0.2, 0.25) is 5.96 Å². The smallest absolute Gasteiger partial charge is 0.202 e. The summed E-state index contributed by atoms with van der Waals surface area (Å²) in [5.41, 5.74) is 1.33. The molecule has 0 saturated heterocycles. The summed E-state index contributed by atoms with van der Waals surface area (Å²) in [5, 5.41) is 6.31. The van der Waals surface area contributed by atoms with Crippen LogP contribution in [0, 0.1) is 0 Å². The van der Waals surface area contributed by atoms with E-state index in [0.717, 1.165) is 24.9 Å². The molecule has 2 rings (SSSR count). The molecule has 1 heterocycles. The predicted molar refractivity (Wildman–Crippen MR) is 71.0 cm³/mol. The van der Waals surface area contributed by atoms with E-state index in [4.69, 9.17) is 0 Å². The summed E-state index contributed by atoms with van der Waals surface area (Å²) in [4.78, 5) is 10.7. The van der Waals surface area contributed by atoms with Crippen LogP contribution in [0.1, 0.15) is 13.3 Å². The standard InChI is InChI=1S/C12H19N5/c1-9-14-11(13-2)16-12(15-9)17(3)8-10-6-4-5-7-10/h4,6-7,9H,5,8H2,1-3H3,(H2,13,14,15,16). The fraction of sp³-hybridized carbons (Fsp3) is 0.500. The molecule has 0 spiro atoms. The van der Waals surface area contributed by atoms with E-state index in [0.29, 0.717) is 0 Å². The van der Waals surface area contributed by atoms with Gasteiger partial charge in [-0.2, -0.15) is 0 Å². The first-order chi connectivity index (χ1) is 8.19. The van der Waals surface area contributed by atoms with Crippen LogP contribution in [-0.2, 0) is 0 Å². The predicted octanol–water partition coefficient (Wildman–Crippen LogP) is 0.685. The van der Waals surface area contributed by atoms with Gasteiger partial charge in [0.25, 0.3) is 0 Å². The van der Waals surface area contributed by atoms with E-state index in [9.17, 15) is 0 Å². The average molecular weight is 233 g/mol. The molecule has 0 amide bonds. The molecule has 1 aliphatic carbocycles. The van der Waals surface area contributed by atoms with Crippen molar-refractivity contribution in [3.63, 3.8) is 0 Å². The Balaban J connectivity index is 2.03. The maximum Gasteiger partial charge on any atom is 0.202 e. The average Bonchev–Trinajstić information content (AvgIpc) is 2.81. The molecule has 0 fully saturated rings. The number of hydrogen-bond acceptors (Lipinski definition) is 3. The highest BCUT2D eigenvalue weighted by Crippen LogP contribution is 2.10. The summed E-state index contributed by atoms with van der Waals surface area (Å²) in [6, 6.07) is 0. The zero-order valence-electron chi connectivity index (χ0n) is 10.6. The summed E-state index contributed by atoms with van der Waals surface area (Å²) >= 11 is 0. The topological polar surface area (TPSA) is 52.0 Å². The van der Waals surface area contributed by atoms with Gasteiger partial charge in [0, 0.05) is 20.6 Å². The lowest BCUT2D eigenvalue weighted by Gasteiger charge is -2.29. The Morgan fingerprint density at radius 1 is 1.59 bits per heavy atom. The van der Waals surface area contributed by atoms with Gasteiger partial charge in [0.15, 0.2) is 5.96 Å². The van der Waals surface area contributed by atoms with Gasteiger partial charge >= 0.3 is 0 Å². The summed E-state index contributed by atoms with van der Waals surface area (Å²) in [6.45, 7) is 2.88. The van der Waals surface area contributed by atoms with Crippen molar-refractivity contribution in [2.24, 2.45) is 9.98 Å². The lowest BCUT2D eigenvalue weighted by molar-refractivity contribution is 0.514. The SMILES string of the molecule is CN=C1NC(N(C)CC2=CCC=C2)=NC(C)N1. The molecule has 1 unspecified atom stereocenters. The largest absolute Gasteiger partial charge is 0.341 e. The van der Waals surface area contributed by atoms with Crippen molar-refractivity contribution in [1.82, 2.24) is 15.5 Å². The van der Waals surface area contributed by atoms with Gasteiger partial charge in [-0.1, -0.05) is 18.2 Å². The third kappa shape index (κ3) is 2.87. The first kappa shape index (κ1) is 11.7. The van der Waals surface area contributed by atoms with Crippen molar-refractivity contribution in [3.8, 4) is 0 Å². The van der Waals surface area contributed by atoms with Gasteiger partial charge in [-0.15, -0.1) is 0 Å². The van der Waals surface area contributed by atoms with Crippen LogP contribution in [0.25, 0.3) is 0 Å². The van der Waals surface area contributed by atoms with E-state index in [1.54, 1.807) is 7.05 Å². The van der Waals surface area contributed by atoms with Crippen molar-refractivity contribution in [3.05, 3.63) is 23.8 Å². The normalized spacial score (nSPS) is 25.1. The van der Waals surface area contributed by atoms with Crippen LogP contribution in [0.2, 0.25) is 0 Å². The summed E-state index contributed by atoms with van der Waals surface area (Å²) < 4.78 is 0. The highest BCUT2D eigenvalue weighted by molar-refractivity contribution is 6.00. The molecule has 5 nitrogen and oxygen atoms in total. The van der Waals surface area contributed by atoms with Crippen molar-refractivity contribution < 1.29 is 0 Å². The van der Waals surface area contributed by atoms with Crippen molar-refractivity contribution >= 4 is 11.9 Å². The van der Waals surface area contributed by atoms with Gasteiger partial charge in [-0.05, 0) is 18.9 Å². The molecule has 0 aromatic carbocycles. The van der Waals surface area contributed by atoms with Crippen molar-refractivity contribution in [2.75, 3.05) is 20.6 Å². The van der Waals surface area contributed by atoms with E-state index in [-0.39, 0.29) is 6.17 Å². The van der Waals surface area contributed by atoms with E-state index in [1.165, 1.54) is 5.57 Å². The maximum atomic E-state index is 4.51. The Bertz CT molecular complexity index is 405. The molecule has 92 valence electrons. The first-order valence-electron chi connectivity index (χ1n) is 5.84. The molecule has 2 N–H and O–H groups in total. The molecule has 5 heteroatoms. The number of likely N-dealkylation sites (N-methyl/N-ethyl adjacent to an activating group) is 1. The molecular formula is C12H19N5. The zero-order chi connectivity index (χ0) is 12.3. The molecule has 0 radical (unpaired) electrons. The molecule has 0 aromatic rings. The maximum absolute atomic E-state index is 4.51. The van der Waals surface area contributed by atoms with Crippen LogP contribution in [0.3, 0.4) is 0 Å². The number of nitrogens with one attached hydrogen (secondary N) is 2. The Morgan fingerprint density at radius 3 is 3.06 bits per heavy atom. The summed E-state index contributed by atoms with van der Waals surface area (Å²) in [7, 11) is 3.79. The molecule has 1 aliphatic heterocycles. The minimum absolute atomic E-state index is 0.0560. The highest BCUT2D eigenvalue weighted by Gasteiger charge is 2.17. The molecule has 17 heavy (non-hydrogen) atoms. The van der Waals surface area contributed by atoms with E-state index < -0.39 is 0 Å². The molecule has 0 bridgehead atoms. The van der Waals surface area contributed by atoms with Crippen molar-refractivity contribution in [2.45, 2.75) is 19.5 Å². The van der Waals surface area contributed by atoms with Crippen LogP contribution >= 0.6 is 0 Å². The van der Waals surface area contributed by atoms with Gasteiger partial charge in [0.05, 0.1) is 0 Å². The fourth-order valence-corrected chi connectivity index (χ4v) is 1.88. The van der Waals surface area contributed by atoms with Crippen LogP contribution in [0.4, 0.5) is 0 Å². The monoisotopic (exact) mass is 233 g/mol. The Morgan fingerprint density at radius 2 is 2.41 bits per heavy atom. The van der Waals surface area contributed by atoms with Gasteiger partial charge < -0.3 is 10.2 Å². The number of hydrogen-bond donors (Lipinski definition) is 2. The van der Waals surface area contributed by atoms with Crippen LogP contribution in [0.15, 0.2) is 33.8 Å². The number of nitrogens with zero attached hydrogens (tertiary/aromatic N) is 3. The van der Waals surface area contributed by atoms with E-state index in [2.05, 4.69) is 43.7 Å². The van der Waals surface area contributed by atoms with E-state index in [1.807, 2.05) is 14.0 Å². The highest BCUT2D eigenvalue weighted by atomic mass is 15.4. The zero-order valence-corrected chi connectivity index (χ0v) is 10.6. The second-order valence-electron chi connectivity index (χ2n) is 4.24. The quantitative estimate of drug-likeness (QED) is 0.737. The number of rotatable bonds is 2. The minimum Gasteiger partial charge on any atom is -0.341 e. The minimum atomic E-state index is 0.0560. The third-order valence-corrected chi connectivity index (χ3v) is 2.74. The van der Waals surface area contributed by atoms with Gasteiger partial charge in [-0.3, -0.25) is 10.3 Å².